The molecule has 0 spiro atoms. The highest BCUT2D eigenvalue weighted by atomic mass is 35.5. The normalized spacial score (nSPS) is 10.9. The second kappa shape index (κ2) is 6.52. The van der Waals surface area contributed by atoms with Crippen molar-refractivity contribution in [3.05, 3.63) is 33.0 Å². The molecule has 0 amide bonds. The van der Waals surface area contributed by atoms with E-state index in [1.165, 1.54) is 4.68 Å². The zero-order valence-corrected chi connectivity index (χ0v) is 12.5. The molecule has 1 aromatic heterocycles. The Hall–Kier alpha value is -0.880. The molecule has 0 aliphatic carbocycles. The van der Waals surface area contributed by atoms with Gasteiger partial charge in [0, 0.05) is 5.02 Å². The fraction of sp³-hybridized carbons (Fsp3) is 0.364. The topological polar surface area (TPSA) is 55.6 Å². The molecule has 5 nitrogen and oxygen atoms in total. The van der Waals surface area contributed by atoms with Gasteiger partial charge in [0.1, 0.15) is 5.69 Å². The van der Waals surface area contributed by atoms with Gasteiger partial charge in [-0.05, 0) is 35.5 Å². The Morgan fingerprint density at radius 2 is 1.89 bits per heavy atom. The first-order valence-corrected chi connectivity index (χ1v) is 6.89. The Kier molecular flexibility index (Phi) is 4.99. The number of hydrogen-bond acceptors (Lipinski definition) is 4. The smallest absolute Gasteiger partial charge is 0.170 e. The van der Waals surface area contributed by atoms with Crippen molar-refractivity contribution in [2.24, 2.45) is 0 Å². The molecule has 0 fully saturated rings. The maximum absolute atomic E-state index is 6.15. The van der Waals surface area contributed by atoms with E-state index < -0.39 is 0 Å². The highest BCUT2D eigenvalue weighted by molar-refractivity contribution is 6.40. The van der Waals surface area contributed by atoms with Gasteiger partial charge in [-0.15, -0.1) is 5.10 Å². The summed E-state index contributed by atoms with van der Waals surface area (Å²) in [6, 6.07) is 3.21. The zero-order chi connectivity index (χ0) is 13.8. The lowest BCUT2D eigenvalue weighted by Crippen LogP contribution is -2.18. The molecule has 2 rings (SSSR count). The van der Waals surface area contributed by atoms with Gasteiger partial charge in [-0.1, -0.05) is 41.7 Å². The Balaban J connectivity index is 2.35. The zero-order valence-electron chi connectivity index (χ0n) is 10.2. The monoisotopic (exact) mass is 319 g/mol. The number of hydrogen-bond donors (Lipinski definition) is 1. The van der Waals surface area contributed by atoms with Crippen molar-refractivity contribution in [3.8, 4) is 5.69 Å². The third-order valence-corrected chi connectivity index (χ3v) is 3.23. The van der Waals surface area contributed by atoms with Crippen molar-refractivity contribution < 1.29 is 0 Å². The van der Waals surface area contributed by atoms with Gasteiger partial charge in [-0.25, -0.2) is 0 Å². The molecule has 1 heterocycles. The van der Waals surface area contributed by atoms with E-state index in [9.17, 15) is 0 Å². The van der Waals surface area contributed by atoms with E-state index >= 15 is 0 Å². The van der Waals surface area contributed by atoms with Crippen molar-refractivity contribution in [1.29, 1.82) is 0 Å². The maximum Gasteiger partial charge on any atom is 0.170 e. The highest BCUT2D eigenvalue weighted by Gasteiger charge is 2.15. The van der Waals surface area contributed by atoms with Gasteiger partial charge in [0.05, 0.1) is 16.6 Å². The summed E-state index contributed by atoms with van der Waals surface area (Å²) in [5.74, 6) is 0.638. The Morgan fingerprint density at radius 3 is 2.53 bits per heavy atom. The summed E-state index contributed by atoms with van der Waals surface area (Å²) >= 11 is 18.2. The van der Waals surface area contributed by atoms with Crippen molar-refractivity contribution in [2.75, 3.05) is 6.54 Å². The van der Waals surface area contributed by atoms with Crippen LogP contribution in [0.4, 0.5) is 0 Å². The minimum Gasteiger partial charge on any atom is -0.310 e. The molecule has 0 aliphatic heterocycles. The molecule has 102 valence electrons. The van der Waals surface area contributed by atoms with Gasteiger partial charge >= 0.3 is 0 Å². The number of tetrazole rings is 1. The first-order valence-electron chi connectivity index (χ1n) is 5.76. The highest BCUT2D eigenvalue weighted by Crippen LogP contribution is 2.31. The summed E-state index contributed by atoms with van der Waals surface area (Å²) in [4.78, 5) is 0. The van der Waals surface area contributed by atoms with Crippen LogP contribution >= 0.6 is 34.8 Å². The number of rotatable bonds is 5. The van der Waals surface area contributed by atoms with Crippen LogP contribution in [0.25, 0.3) is 5.69 Å². The number of halogens is 3. The fourth-order valence-electron chi connectivity index (χ4n) is 1.60. The quantitative estimate of drug-likeness (QED) is 0.860. The molecule has 0 saturated heterocycles. The summed E-state index contributed by atoms with van der Waals surface area (Å²) in [5.41, 5.74) is 0.533. The first kappa shape index (κ1) is 14.5. The number of benzene rings is 1. The van der Waals surface area contributed by atoms with Crippen LogP contribution in [-0.2, 0) is 6.54 Å². The van der Waals surface area contributed by atoms with Gasteiger partial charge in [0.25, 0.3) is 0 Å². The van der Waals surface area contributed by atoms with E-state index in [0.717, 1.165) is 13.0 Å². The van der Waals surface area contributed by atoms with E-state index in [0.29, 0.717) is 33.1 Å². The molecular formula is C11H12Cl3N5. The van der Waals surface area contributed by atoms with Crippen LogP contribution in [0.5, 0.6) is 0 Å². The van der Waals surface area contributed by atoms with E-state index in [4.69, 9.17) is 34.8 Å². The Bertz CT molecular complexity index is 546. The predicted octanol–water partition coefficient (Wildman–Crippen LogP) is 3.12. The van der Waals surface area contributed by atoms with E-state index in [2.05, 4.69) is 27.8 Å². The van der Waals surface area contributed by atoms with Crippen molar-refractivity contribution >= 4 is 34.8 Å². The summed E-state index contributed by atoms with van der Waals surface area (Å²) in [5, 5.41) is 16.0. The van der Waals surface area contributed by atoms with Crippen LogP contribution < -0.4 is 5.32 Å². The van der Waals surface area contributed by atoms with Gasteiger partial charge in [-0.3, -0.25) is 0 Å². The summed E-state index contributed by atoms with van der Waals surface area (Å²) in [6.07, 6.45) is 1.03. The second-order valence-corrected chi connectivity index (χ2v) is 5.15. The molecule has 8 heteroatoms. The lowest BCUT2D eigenvalue weighted by molar-refractivity contribution is 0.633. The molecule has 0 unspecified atom stereocenters. The third kappa shape index (κ3) is 3.36. The Labute approximate surface area is 125 Å². The molecule has 2 aromatic rings. The van der Waals surface area contributed by atoms with Crippen molar-refractivity contribution in [1.82, 2.24) is 25.5 Å². The number of nitrogens with zero attached hydrogens (tertiary/aromatic N) is 4. The van der Waals surface area contributed by atoms with Gasteiger partial charge in [0.15, 0.2) is 5.82 Å². The first-order chi connectivity index (χ1) is 9.13. The van der Waals surface area contributed by atoms with Gasteiger partial charge in [-0.2, -0.15) is 4.68 Å². The molecule has 0 aliphatic rings. The van der Waals surface area contributed by atoms with Gasteiger partial charge in [0.2, 0.25) is 0 Å². The van der Waals surface area contributed by atoms with E-state index in [1.807, 2.05) is 0 Å². The Morgan fingerprint density at radius 1 is 1.21 bits per heavy atom. The van der Waals surface area contributed by atoms with E-state index in [-0.39, 0.29) is 0 Å². The van der Waals surface area contributed by atoms with Crippen LogP contribution in [-0.4, -0.2) is 26.8 Å². The molecule has 0 bridgehead atoms. The van der Waals surface area contributed by atoms with Crippen molar-refractivity contribution in [2.45, 2.75) is 19.9 Å². The minimum absolute atomic E-state index is 0.404. The molecule has 0 radical (unpaired) electrons. The van der Waals surface area contributed by atoms with Crippen molar-refractivity contribution in [3.63, 3.8) is 0 Å². The molecule has 0 saturated carbocycles. The molecular weight excluding hydrogens is 309 g/mol. The van der Waals surface area contributed by atoms with Crippen LogP contribution in [0.1, 0.15) is 19.2 Å². The average molecular weight is 321 g/mol. The van der Waals surface area contributed by atoms with Crippen LogP contribution in [0.15, 0.2) is 12.1 Å². The fourth-order valence-corrected chi connectivity index (χ4v) is 2.58. The summed E-state index contributed by atoms with van der Waals surface area (Å²) in [6.45, 7) is 3.51. The maximum atomic E-state index is 6.15. The van der Waals surface area contributed by atoms with Gasteiger partial charge < -0.3 is 5.32 Å². The lowest BCUT2D eigenvalue weighted by atomic mass is 10.3. The second-order valence-electron chi connectivity index (χ2n) is 3.90. The van der Waals surface area contributed by atoms with Crippen LogP contribution in [0.3, 0.4) is 0 Å². The predicted molar refractivity (Wildman–Crippen MR) is 76.2 cm³/mol. The third-order valence-electron chi connectivity index (χ3n) is 2.44. The molecule has 1 N–H and O–H groups in total. The summed E-state index contributed by atoms with van der Waals surface area (Å²) < 4.78 is 1.52. The largest absolute Gasteiger partial charge is 0.310 e. The number of aromatic nitrogens is 4. The SMILES string of the molecule is CCCNCc1nnnn1-c1c(Cl)cc(Cl)cc1Cl. The molecule has 1 aromatic carbocycles. The van der Waals surface area contributed by atoms with Crippen LogP contribution in [0, 0.1) is 0 Å². The minimum atomic E-state index is 0.404. The van der Waals surface area contributed by atoms with Crippen LogP contribution in [0.2, 0.25) is 15.1 Å². The average Bonchev–Trinajstić information content (AvgIpc) is 2.76. The molecule has 0 atom stereocenters. The lowest BCUT2D eigenvalue weighted by Gasteiger charge is -2.09. The molecule has 19 heavy (non-hydrogen) atoms. The van der Waals surface area contributed by atoms with E-state index in [1.54, 1.807) is 12.1 Å². The number of nitrogens with one attached hydrogen (secondary N) is 1. The summed E-state index contributed by atoms with van der Waals surface area (Å²) in [7, 11) is 0. The standard InChI is InChI=1S/C11H12Cl3N5/c1-2-3-15-6-10-16-17-18-19(10)11-8(13)4-7(12)5-9(11)14/h4-5,15H,2-3,6H2,1H3.